The number of hydrogen-bond acceptors (Lipinski definition) is 3. The Kier molecular flexibility index (Phi) is 3.28. The third kappa shape index (κ3) is 2.20. The summed E-state index contributed by atoms with van der Waals surface area (Å²) >= 11 is 0. The van der Waals surface area contributed by atoms with Crippen molar-refractivity contribution in [1.29, 1.82) is 0 Å². The van der Waals surface area contributed by atoms with Gasteiger partial charge in [0.15, 0.2) is 0 Å². The molecular formula is C10H16N2O. The molecular weight excluding hydrogens is 164 g/mol. The zero-order valence-corrected chi connectivity index (χ0v) is 8.07. The predicted octanol–water partition coefficient (Wildman–Crippen LogP) is 0.745. The molecule has 0 aromatic heterocycles. The highest BCUT2D eigenvalue weighted by atomic mass is 16.3. The number of hydrogen-bond donors (Lipinski definition) is 2. The first-order valence-electron chi connectivity index (χ1n) is 4.29. The highest BCUT2D eigenvalue weighted by Gasteiger charge is 2.09. The second-order valence-electron chi connectivity index (χ2n) is 3.24. The van der Waals surface area contributed by atoms with Crippen molar-refractivity contribution in [3.63, 3.8) is 0 Å². The van der Waals surface area contributed by atoms with E-state index >= 15 is 0 Å². The van der Waals surface area contributed by atoms with Crippen molar-refractivity contribution in [2.75, 3.05) is 25.6 Å². The number of nitrogens with zero attached hydrogens (tertiary/aromatic N) is 1. The number of para-hydroxylation sites is 1. The van der Waals surface area contributed by atoms with Gasteiger partial charge in [0.2, 0.25) is 0 Å². The third-order valence-corrected chi connectivity index (χ3v) is 2.01. The molecule has 0 saturated heterocycles. The number of rotatable bonds is 3. The Morgan fingerprint density at radius 3 is 2.54 bits per heavy atom. The molecule has 0 fully saturated rings. The van der Waals surface area contributed by atoms with E-state index in [4.69, 9.17) is 10.8 Å². The Labute approximate surface area is 78.8 Å². The largest absolute Gasteiger partial charge is 0.394 e. The lowest BCUT2D eigenvalue weighted by Gasteiger charge is -2.20. The number of anilines is 1. The van der Waals surface area contributed by atoms with Gasteiger partial charge in [-0.05, 0) is 11.6 Å². The molecule has 0 heterocycles. The van der Waals surface area contributed by atoms with Crippen molar-refractivity contribution >= 4 is 5.69 Å². The van der Waals surface area contributed by atoms with E-state index in [2.05, 4.69) is 0 Å². The van der Waals surface area contributed by atoms with E-state index in [1.165, 1.54) is 0 Å². The average Bonchev–Trinajstić information content (AvgIpc) is 2.16. The summed E-state index contributed by atoms with van der Waals surface area (Å²) in [6, 6.07) is 7.53. The topological polar surface area (TPSA) is 49.5 Å². The van der Waals surface area contributed by atoms with Crippen LogP contribution in [0.2, 0.25) is 0 Å². The van der Waals surface area contributed by atoms with Crippen LogP contribution in [0.1, 0.15) is 11.6 Å². The molecule has 0 saturated carbocycles. The lowest BCUT2D eigenvalue weighted by atomic mass is 10.1. The molecule has 1 rings (SSSR count). The quantitative estimate of drug-likeness (QED) is 0.721. The lowest BCUT2D eigenvalue weighted by molar-refractivity contribution is 0.268. The molecule has 0 radical (unpaired) electrons. The normalized spacial score (nSPS) is 12.6. The molecule has 0 bridgehead atoms. The Hall–Kier alpha value is -1.06. The molecule has 1 aromatic carbocycles. The maximum atomic E-state index is 8.95. The zero-order chi connectivity index (χ0) is 9.84. The molecule has 13 heavy (non-hydrogen) atoms. The Balaban J connectivity index is 3.04. The minimum atomic E-state index is -0.293. The summed E-state index contributed by atoms with van der Waals surface area (Å²) in [6.45, 7) is -0.0230. The Morgan fingerprint density at radius 2 is 2.00 bits per heavy atom. The lowest BCUT2D eigenvalue weighted by Crippen LogP contribution is -2.19. The van der Waals surface area contributed by atoms with Gasteiger partial charge in [-0.3, -0.25) is 0 Å². The van der Waals surface area contributed by atoms with Gasteiger partial charge in [-0.2, -0.15) is 0 Å². The fraction of sp³-hybridized carbons (Fsp3) is 0.400. The SMILES string of the molecule is CN(C)c1ccccc1C(N)CO. The van der Waals surface area contributed by atoms with Crippen LogP contribution in [0.3, 0.4) is 0 Å². The van der Waals surface area contributed by atoms with E-state index in [0.29, 0.717) is 0 Å². The highest BCUT2D eigenvalue weighted by Crippen LogP contribution is 2.22. The monoisotopic (exact) mass is 180 g/mol. The fourth-order valence-corrected chi connectivity index (χ4v) is 1.31. The van der Waals surface area contributed by atoms with Gasteiger partial charge in [0.25, 0.3) is 0 Å². The molecule has 1 aromatic rings. The summed E-state index contributed by atoms with van der Waals surface area (Å²) in [7, 11) is 3.92. The van der Waals surface area contributed by atoms with Crippen molar-refractivity contribution in [2.24, 2.45) is 5.73 Å². The molecule has 0 amide bonds. The van der Waals surface area contributed by atoms with E-state index in [0.717, 1.165) is 11.3 Å². The maximum absolute atomic E-state index is 8.95. The van der Waals surface area contributed by atoms with Gasteiger partial charge in [-0.15, -0.1) is 0 Å². The van der Waals surface area contributed by atoms with Gasteiger partial charge >= 0.3 is 0 Å². The summed E-state index contributed by atoms with van der Waals surface area (Å²) in [6.07, 6.45) is 0. The fourth-order valence-electron chi connectivity index (χ4n) is 1.31. The number of aliphatic hydroxyl groups excluding tert-OH is 1. The van der Waals surface area contributed by atoms with Gasteiger partial charge in [0, 0.05) is 19.8 Å². The number of nitrogens with two attached hydrogens (primary N) is 1. The minimum Gasteiger partial charge on any atom is -0.394 e. The molecule has 3 nitrogen and oxygen atoms in total. The van der Waals surface area contributed by atoms with Gasteiger partial charge in [-0.25, -0.2) is 0 Å². The first-order chi connectivity index (χ1) is 6.16. The smallest absolute Gasteiger partial charge is 0.0625 e. The van der Waals surface area contributed by atoms with E-state index in [9.17, 15) is 0 Å². The molecule has 1 atom stereocenters. The predicted molar refractivity (Wildman–Crippen MR) is 54.8 cm³/mol. The zero-order valence-electron chi connectivity index (χ0n) is 8.07. The summed E-state index contributed by atoms with van der Waals surface area (Å²) in [5.74, 6) is 0. The summed E-state index contributed by atoms with van der Waals surface area (Å²) < 4.78 is 0. The van der Waals surface area contributed by atoms with Crippen molar-refractivity contribution < 1.29 is 5.11 Å². The number of benzene rings is 1. The molecule has 0 aliphatic carbocycles. The Morgan fingerprint density at radius 1 is 1.38 bits per heavy atom. The maximum Gasteiger partial charge on any atom is 0.0625 e. The van der Waals surface area contributed by atoms with E-state index in [1.54, 1.807) is 0 Å². The highest BCUT2D eigenvalue weighted by molar-refractivity contribution is 5.53. The van der Waals surface area contributed by atoms with E-state index < -0.39 is 0 Å². The van der Waals surface area contributed by atoms with Crippen LogP contribution in [0.4, 0.5) is 5.69 Å². The Bertz CT molecular complexity index is 273. The standard InChI is InChI=1S/C10H16N2O/c1-12(2)10-6-4-3-5-8(10)9(11)7-13/h3-6,9,13H,7,11H2,1-2H3. The van der Waals surface area contributed by atoms with Crippen LogP contribution in [0.5, 0.6) is 0 Å². The van der Waals surface area contributed by atoms with Gasteiger partial charge < -0.3 is 15.7 Å². The number of aliphatic hydroxyl groups is 1. The second-order valence-corrected chi connectivity index (χ2v) is 3.24. The molecule has 3 N–H and O–H groups in total. The van der Waals surface area contributed by atoms with Crippen LogP contribution in [0.15, 0.2) is 24.3 Å². The summed E-state index contributed by atoms with van der Waals surface area (Å²) in [5, 5.41) is 8.95. The van der Waals surface area contributed by atoms with Crippen molar-refractivity contribution in [3.05, 3.63) is 29.8 Å². The molecule has 72 valence electrons. The third-order valence-electron chi connectivity index (χ3n) is 2.01. The first-order valence-corrected chi connectivity index (χ1v) is 4.29. The summed E-state index contributed by atoms with van der Waals surface area (Å²) in [5.41, 5.74) is 7.80. The molecule has 0 aliphatic rings. The molecule has 3 heteroatoms. The second kappa shape index (κ2) is 4.25. The first kappa shape index (κ1) is 10.0. The van der Waals surface area contributed by atoms with Gasteiger partial charge in [0.05, 0.1) is 12.6 Å². The van der Waals surface area contributed by atoms with Gasteiger partial charge in [-0.1, -0.05) is 18.2 Å². The molecule has 1 unspecified atom stereocenters. The molecule has 0 spiro atoms. The summed E-state index contributed by atoms with van der Waals surface area (Å²) in [4.78, 5) is 1.99. The minimum absolute atomic E-state index is 0.0230. The van der Waals surface area contributed by atoms with Crippen molar-refractivity contribution in [3.8, 4) is 0 Å². The van der Waals surface area contributed by atoms with Crippen LogP contribution in [0.25, 0.3) is 0 Å². The van der Waals surface area contributed by atoms with Crippen LogP contribution < -0.4 is 10.6 Å². The van der Waals surface area contributed by atoms with Crippen LogP contribution in [-0.4, -0.2) is 25.8 Å². The van der Waals surface area contributed by atoms with Crippen LogP contribution >= 0.6 is 0 Å². The van der Waals surface area contributed by atoms with Crippen molar-refractivity contribution in [2.45, 2.75) is 6.04 Å². The van der Waals surface area contributed by atoms with E-state index in [-0.39, 0.29) is 12.6 Å². The van der Waals surface area contributed by atoms with Crippen molar-refractivity contribution in [1.82, 2.24) is 0 Å². The molecule has 0 aliphatic heterocycles. The van der Waals surface area contributed by atoms with Crippen LogP contribution in [0, 0.1) is 0 Å². The van der Waals surface area contributed by atoms with E-state index in [1.807, 2.05) is 43.3 Å². The average molecular weight is 180 g/mol. The van der Waals surface area contributed by atoms with Gasteiger partial charge in [0.1, 0.15) is 0 Å². The van der Waals surface area contributed by atoms with Crippen LogP contribution in [-0.2, 0) is 0 Å².